The van der Waals surface area contributed by atoms with E-state index in [4.69, 9.17) is 4.84 Å². The van der Waals surface area contributed by atoms with Gasteiger partial charge in [-0.15, -0.1) is 0 Å². The molecule has 3 aromatic rings. The molecule has 9 heteroatoms. The monoisotopic (exact) mass is 433 g/mol. The summed E-state index contributed by atoms with van der Waals surface area (Å²) < 4.78 is 42.1. The fraction of sp³-hybridized carbons (Fsp3) is 0.318. The molecule has 0 aliphatic heterocycles. The number of hydrogen-bond acceptors (Lipinski definition) is 5. The molecule has 2 aromatic carbocycles. The lowest BCUT2D eigenvalue weighted by molar-refractivity contribution is -0.189. The molecule has 3 rings (SSSR count). The summed E-state index contributed by atoms with van der Waals surface area (Å²) in [6, 6.07) is 16.2. The number of rotatable bonds is 7. The van der Waals surface area contributed by atoms with Gasteiger partial charge in [0.05, 0.1) is 13.7 Å². The van der Waals surface area contributed by atoms with Gasteiger partial charge in [0.1, 0.15) is 0 Å². The third-order valence-corrected chi connectivity index (χ3v) is 4.72. The smallest absolute Gasteiger partial charge is 0.329 e. The van der Waals surface area contributed by atoms with Crippen LogP contribution >= 0.6 is 0 Å². The van der Waals surface area contributed by atoms with E-state index in [0.29, 0.717) is 12.0 Å². The van der Waals surface area contributed by atoms with Crippen LogP contribution in [0.3, 0.4) is 0 Å². The van der Waals surface area contributed by atoms with Crippen LogP contribution in [0.25, 0.3) is 11.4 Å². The van der Waals surface area contributed by atoms with Crippen molar-refractivity contribution < 1.29 is 27.3 Å². The Labute approximate surface area is 177 Å². The molecule has 0 N–H and O–H groups in total. The molecule has 0 aliphatic rings. The predicted octanol–water partition coefficient (Wildman–Crippen LogP) is 4.91. The Hall–Kier alpha value is -3.20. The van der Waals surface area contributed by atoms with Gasteiger partial charge in [-0.25, -0.2) is 5.06 Å². The van der Waals surface area contributed by atoms with Crippen LogP contribution in [0.15, 0.2) is 59.1 Å². The molecule has 0 aliphatic carbocycles. The second kappa shape index (κ2) is 8.89. The molecule has 0 unspecified atom stereocenters. The zero-order valence-corrected chi connectivity index (χ0v) is 17.3. The Kier molecular flexibility index (Phi) is 6.45. The van der Waals surface area contributed by atoms with Crippen molar-refractivity contribution in [2.24, 2.45) is 5.41 Å². The first-order chi connectivity index (χ1) is 14.6. The standard InChI is InChI=1S/C22H22F3N3O3/c1-21(2,13-15-7-5-4-6-8-15)20(29)28(30-3)14-16-9-11-17(12-10-16)18-26-19(31-27-18)22(23,24)25/h4-12H,13-14H2,1-3H3. The fourth-order valence-electron chi connectivity index (χ4n) is 3.12. The fourth-order valence-corrected chi connectivity index (χ4v) is 3.12. The van der Waals surface area contributed by atoms with Crippen molar-refractivity contribution in [1.82, 2.24) is 15.2 Å². The van der Waals surface area contributed by atoms with Crippen molar-refractivity contribution in [3.05, 3.63) is 71.6 Å². The molecule has 1 aromatic heterocycles. The zero-order valence-electron chi connectivity index (χ0n) is 17.3. The molecule has 31 heavy (non-hydrogen) atoms. The second-order valence-electron chi connectivity index (χ2n) is 7.69. The minimum absolute atomic E-state index is 0.164. The summed E-state index contributed by atoms with van der Waals surface area (Å²) in [5, 5.41) is 4.64. The maximum absolute atomic E-state index is 13.1. The van der Waals surface area contributed by atoms with Crippen molar-refractivity contribution in [1.29, 1.82) is 0 Å². The first-order valence-corrected chi connectivity index (χ1v) is 9.50. The predicted molar refractivity (Wildman–Crippen MR) is 106 cm³/mol. The number of hydrogen-bond donors (Lipinski definition) is 0. The summed E-state index contributed by atoms with van der Waals surface area (Å²) in [6.07, 6.45) is -4.15. The number of nitrogens with zero attached hydrogens (tertiary/aromatic N) is 3. The molecular weight excluding hydrogens is 411 g/mol. The Morgan fingerprint density at radius 3 is 2.23 bits per heavy atom. The molecule has 0 spiro atoms. The number of benzene rings is 2. The molecule has 0 atom stereocenters. The van der Waals surface area contributed by atoms with Crippen LogP contribution in [-0.4, -0.2) is 28.2 Å². The second-order valence-corrected chi connectivity index (χ2v) is 7.69. The summed E-state index contributed by atoms with van der Waals surface area (Å²) in [5.74, 6) is -1.75. The van der Waals surface area contributed by atoms with Crippen LogP contribution in [0.2, 0.25) is 0 Å². The maximum atomic E-state index is 13.1. The summed E-state index contributed by atoms with van der Waals surface area (Å²) in [7, 11) is 1.42. The third kappa shape index (κ3) is 5.49. The van der Waals surface area contributed by atoms with Gasteiger partial charge in [0.25, 0.3) is 5.91 Å². The molecule has 0 saturated heterocycles. The van der Waals surface area contributed by atoms with Gasteiger partial charge in [0.2, 0.25) is 5.82 Å². The van der Waals surface area contributed by atoms with Crippen molar-refractivity contribution in [3.63, 3.8) is 0 Å². The van der Waals surface area contributed by atoms with Crippen molar-refractivity contribution in [3.8, 4) is 11.4 Å². The third-order valence-electron chi connectivity index (χ3n) is 4.72. The van der Waals surface area contributed by atoms with Gasteiger partial charge in [0.15, 0.2) is 0 Å². The topological polar surface area (TPSA) is 68.5 Å². The highest BCUT2D eigenvalue weighted by atomic mass is 19.4. The van der Waals surface area contributed by atoms with Gasteiger partial charge in [-0.1, -0.05) is 73.6 Å². The quantitative estimate of drug-likeness (QED) is 0.495. The molecule has 164 valence electrons. The lowest BCUT2D eigenvalue weighted by atomic mass is 9.84. The molecule has 0 radical (unpaired) electrons. The van der Waals surface area contributed by atoms with Crippen LogP contribution in [0.5, 0.6) is 0 Å². The first kappa shape index (κ1) is 22.5. The number of alkyl halides is 3. The van der Waals surface area contributed by atoms with Crippen LogP contribution in [0, 0.1) is 5.41 Å². The van der Waals surface area contributed by atoms with Gasteiger partial charge in [-0.05, 0) is 17.5 Å². The SMILES string of the molecule is CON(Cc1ccc(-c2noc(C(F)(F)F)n2)cc1)C(=O)C(C)(C)Cc1ccccc1. The Balaban J connectivity index is 1.70. The number of carbonyl (C=O) groups is 1. The average molecular weight is 433 g/mol. The molecule has 0 bridgehead atoms. The van der Waals surface area contributed by atoms with E-state index in [9.17, 15) is 18.0 Å². The molecule has 6 nitrogen and oxygen atoms in total. The van der Waals surface area contributed by atoms with E-state index in [0.717, 1.165) is 11.1 Å². The lowest BCUT2D eigenvalue weighted by Gasteiger charge is -2.30. The molecule has 1 amide bonds. The maximum Gasteiger partial charge on any atom is 0.471 e. The summed E-state index contributed by atoms with van der Waals surface area (Å²) in [6.45, 7) is 3.88. The van der Waals surface area contributed by atoms with Crippen molar-refractivity contribution in [2.75, 3.05) is 7.11 Å². The van der Waals surface area contributed by atoms with E-state index in [2.05, 4.69) is 14.7 Å². The largest absolute Gasteiger partial charge is 0.471 e. The molecule has 0 fully saturated rings. The number of carbonyl (C=O) groups excluding carboxylic acids is 1. The lowest BCUT2D eigenvalue weighted by Crippen LogP contribution is -2.41. The number of halogens is 3. The Bertz CT molecular complexity index is 1020. The zero-order chi connectivity index (χ0) is 22.6. The van der Waals surface area contributed by atoms with E-state index >= 15 is 0 Å². The van der Waals surface area contributed by atoms with Crippen LogP contribution in [-0.2, 0) is 28.8 Å². The van der Waals surface area contributed by atoms with Gasteiger partial charge in [-0.3, -0.25) is 9.63 Å². The highest BCUT2D eigenvalue weighted by molar-refractivity contribution is 5.81. The van der Waals surface area contributed by atoms with E-state index in [1.165, 1.54) is 12.2 Å². The summed E-state index contributed by atoms with van der Waals surface area (Å²) in [5.41, 5.74) is 1.44. The number of amides is 1. The average Bonchev–Trinajstić information content (AvgIpc) is 3.23. The summed E-state index contributed by atoms with van der Waals surface area (Å²) >= 11 is 0. The first-order valence-electron chi connectivity index (χ1n) is 9.50. The number of aromatic nitrogens is 2. The van der Waals surface area contributed by atoms with Gasteiger partial charge < -0.3 is 4.52 Å². The van der Waals surface area contributed by atoms with Crippen LogP contribution in [0.1, 0.15) is 30.9 Å². The normalized spacial score (nSPS) is 12.1. The number of hydroxylamine groups is 2. The van der Waals surface area contributed by atoms with E-state index in [1.54, 1.807) is 24.3 Å². The van der Waals surface area contributed by atoms with Gasteiger partial charge in [0, 0.05) is 11.0 Å². The van der Waals surface area contributed by atoms with E-state index in [-0.39, 0.29) is 18.3 Å². The van der Waals surface area contributed by atoms with Gasteiger partial charge in [-0.2, -0.15) is 18.2 Å². The minimum Gasteiger partial charge on any atom is -0.329 e. The van der Waals surface area contributed by atoms with E-state index < -0.39 is 17.5 Å². The van der Waals surface area contributed by atoms with Gasteiger partial charge >= 0.3 is 12.1 Å². The highest BCUT2D eigenvalue weighted by Gasteiger charge is 2.38. The minimum atomic E-state index is -4.70. The molecular formula is C22H22F3N3O3. The Morgan fingerprint density at radius 2 is 1.68 bits per heavy atom. The van der Waals surface area contributed by atoms with Crippen molar-refractivity contribution in [2.45, 2.75) is 33.0 Å². The molecule has 0 saturated carbocycles. The van der Waals surface area contributed by atoms with Crippen molar-refractivity contribution >= 4 is 5.91 Å². The van der Waals surface area contributed by atoms with E-state index in [1.807, 2.05) is 44.2 Å². The highest BCUT2D eigenvalue weighted by Crippen LogP contribution is 2.30. The van der Waals surface area contributed by atoms with Crippen LogP contribution in [0.4, 0.5) is 13.2 Å². The van der Waals surface area contributed by atoms with Crippen LogP contribution < -0.4 is 0 Å². The Morgan fingerprint density at radius 1 is 1.03 bits per heavy atom. The summed E-state index contributed by atoms with van der Waals surface area (Å²) in [4.78, 5) is 21.7. The molecule has 1 heterocycles.